The van der Waals surface area contributed by atoms with Crippen LogP contribution in [0.1, 0.15) is 50.4 Å². The smallest absolute Gasteiger partial charge is 0.180 e. The number of benzene rings is 1. The lowest BCUT2D eigenvalue weighted by Crippen LogP contribution is -2.33. The fourth-order valence-corrected chi connectivity index (χ4v) is 2.50. The zero-order valence-electron chi connectivity index (χ0n) is 13.5. The second kappa shape index (κ2) is 7.60. The maximum atomic E-state index is 12.6. The van der Waals surface area contributed by atoms with Gasteiger partial charge in [-0.15, -0.1) is 0 Å². The maximum absolute atomic E-state index is 12.6. The minimum atomic E-state index is 0.176. The van der Waals surface area contributed by atoms with Crippen LogP contribution >= 0.6 is 0 Å². The van der Waals surface area contributed by atoms with E-state index in [1.54, 1.807) is 0 Å². The van der Waals surface area contributed by atoms with Gasteiger partial charge in [-0.25, -0.2) is 0 Å². The number of para-hydroxylation sites is 1. The average molecular weight is 289 g/mol. The number of hydrogen-bond acceptors (Lipinski definition) is 3. The largest absolute Gasteiger partial charge is 0.493 e. The maximum Gasteiger partial charge on any atom is 0.180 e. The van der Waals surface area contributed by atoms with Crippen LogP contribution in [-0.2, 0) is 0 Å². The van der Waals surface area contributed by atoms with Gasteiger partial charge in [0.2, 0.25) is 0 Å². The summed E-state index contributed by atoms with van der Waals surface area (Å²) in [6, 6.07) is 8.20. The molecule has 0 amide bonds. The average Bonchev–Trinajstić information content (AvgIpc) is 3.28. The Labute approximate surface area is 128 Å². The first-order valence-electron chi connectivity index (χ1n) is 8.11. The zero-order valence-corrected chi connectivity index (χ0v) is 13.5. The lowest BCUT2D eigenvalue weighted by molar-refractivity contribution is 0.0917. The molecule has 1 aliphatic rings. The van der Waals surface area contributed by atoms with Gasteiger partial charge in [0, 0.05) is 6.04 Å². The third kappa shape index (κ3) is 4.85. The van der Waals surface area contributed by atoms with Crippen LogP contribution in [0.4, 0.5) is 0 Å². The highest BCUT2D eigenvalue weighted by Crippen LogP contribution is 2.28. The summed E-state index contributed by atoms with van der Waals surface area (Å²) in [5.74, 6) is 1.57. The second-order valence-corrected chi connectivity index (χ2v) is 6.24. The topological polar surface area (TPSA) is 29.5 Å². The van der Waals surface area contributed by atoms with Crippen LogP contribution in [0.3, 0.4) is 0 Å². The molecule has 3 nitrogen and oxygen atoms in total. The summed E-state index contributed by atoms with van der Waals surface area (Å²) in [7, 11) is 0. The van der Waals surface area contributed by atoms with Crippen molar-refractivity contribution in [2.45, 2.75) is 46.1 Å². The molecule has 0 unspecified atom stereocenters. The first-order valence-corrected chi connectivity index (χ1v) is 8.11. The Kier molecular flexibility index (Phi) is 5.80. The van der Waals surface area contributed by atoms with Crippen molar-refractivity contribution in [3.8, 4) is 5.75 Å². The van der Waals surface area contributed by atoms with E-state index < -0.39 is 0 Å². The third-order valence-electron chi connectivity index (χ3n) is 3.89. The monoisotopic (exact) mass is 289 g/mol. The van der Waals surface area contributed by atoms with E-state index in [2.05, 4.69) is 18.7 Å². The fraction of sp³-hybridized carbons (Fsp3) is 0.611. The van der Waals surface area contributed by atoms with E-state index >= 15 is 0 Å². The lowest BCUT2D eigenvalue weighted by atomic mass is 10.1. The number of carbonyl (C=O) groups is 1. The minimum Gasteiger partial charge on any atom is -0.493 e. The summed E-state index contributed by atoms with van der Waals surface area (Å²) >= 11 is 0. The summed E-state index contributed by atoms with van der Waals surface area (Å²) in [6.07, 6.45) is 3.62. The Morgan fingerprint density at radius 3 is 2.67 bits per heavy atom. The van der Waals surface area contributed by atoms with Gasteiger partial charge in [0.15, 0.2) is 5.78 Å². The van der Waals surface area contributed by atoms with Gasteiger partial charge in [-0.05, 0) is 50.8 Å². The first-order chi connectivity index (χ1) is 10.1. The summed E-state index contributed by atoms with van der Waals surface area (Å²) in [6.45, 7) is 8.53. The summed E-state index contributed by atoms with van der Waals surface area (Å²) in [5, 5.41) is 0. The molecule has 0 heterocycles. The van der Waals surface area contributed by atoms with Gasteiger partial charge in [-0.3, -0.25) is 9.69 Å². The van der Waals surface area contributed by atoms with Crippen molar-refractivity contribution in [1.29, 1.82) is 0 Å². The van der Waals surface area contributed by atoms with Gasteiger partial charge in [0.05, 0.1) is 18.7 Å². The molecule has 1 fully saturated rings. The predicted octanol–water partition coefficient (Wildman–Crippen LogP) is 3.78. The van der Waals surface area contributed by atoms with Crippen molar-refractivity contribution in [2.75, 3.05) is 19.7 Å². The number of ether oxygens (including phenoxy) is 1. The molecule has 1 aromatic rings. The number of nitrogens with zero attached hydrogens (tertiary/aromatic N) is 1. The Bertz CT molecular complexity index is 466. The molecule has 0 saturated heterocycles. The molecule has 3 heteroatoms. The summed E-state index contributed by atoms with van der Waals surface area (Å²) < 4.78 is 5.57. The molecule has 0 radical (unpaired) electrons. The van der Waals surface area contributed by atoms with E-state index in [0.717, 1.165) is 18.5 Å². The molecular weight excluding hydrogens is 262 g/mol. The van der Waals surface area contributed by atoms with E-state index in [9.17, 15) is 4.79 Å². The minimum absolute atomic E-state index is 0.176. The number of rotatable bonds is 9. The van der Waals surface area contributed by atoms with Crippen LogP contribution in [0, 0.1) is 5.92 Å². The number of Topliss-reactive ketones (excluding diaryl/α,β-unsaturated/α-hetero) is 1. The third-order valence-corrected chi connectivity index (χ3v) is 3.89. The molecule has 1 saturated carbocycles. The van der Waals surface area contributed by atoms with E-state index in [4.69, 9.17) is 4.74 Å². The molecule has 0 aromatic heterocycles. The van der Waals surface area contributed by atoms with Crippen molar-refractivity contribution in [3.63, 3.8) is 0 Å². The van der Waals surface area contributed by atoms with Crippen molar-refractivity contribution in [3.05, 3.63) is 29.8 Å². The quantitative estimate of drug-likeness (QED) is 0.648. The molecule has 0 atom stereocenters. The molecule has 0 spiro atoms. The van der Waals surface area contributed by atoms with Crippen LogP contribution in [-0.4, -0.2) is 36.4 Å². The van der Waals surface area contributed by atoms with Crippen LogP contribution in [0.5, 0.6) is 5.75 Å². The van der Waals surface area contributed by atoms with E-state index in [1.807, 2.05) is 31.2 Å². The Balaban J connectivity index is 2.01. The van der Waals surface area contributed by atoms with Gasteiger partial charge in [-0.1, -0.05) is 26.0 Å². The predicted molar refractivity (Wildman–Crippen MR) is 86.0 cm³/mol. The van der Waals surface area contributed by atoms with Crippen LogP contribution in [0.15, 0.2) is 24.3 Å². The highest BCUT2D eigenvalue weighted by atomic mass is 16.5. The van der Waals surface area contributed by atoms with Gasteiger partial charge in [0.1, 0.15) is 5.75 Å². The van der Waals surface area contributed by atoms with Crippen molar-refractivity contribution < 1.29 is 9.53 Å². The van der Waals surface area contributed by atoms with E-state index in [-0.39, 0.29) is 5.78 Å². The number of carbonyl (C=O) groups excluding carboxylic acids is 1. The number of hydrogen-bond donors (Lipinski definition) is 0. The fourth-order valence-electron chi connectivity index (χ4n) is 2.50. The standard InChI is InChI=1S/C18H27NO2/c1-4-21-18-8-6-5-7-16(18)17(20)13-19(15-9-10-15)12-11-14(2)3/h5-8,14-15H,4,9-13H2,1-3H3. The highest BCUT2D eigenvalue weighted by Gasteiger charge is 2.30. The van der Waals surface area contributed by atoms with Crippen molar-refractivity contribution >= 4 is 5.78 Å². The van der Waals surface area contributed by atoms with Crippen LogP contribution in [0.25, 0.3) is 0 Å². The first kappa shape index (κ1) is 16.0. The second-order valence-electron chi connectivity index (χ2n) is 6.24. The Hall–Kier alpha value is -1.35. The molecule has 1 aliphatic carbocycles. The van der Waals surface area contributed by atoms with Gasteiger partial charge in [-0.2, -0.15) is 0 Å². The Morgan fingerprint density at radius 1 is 1.33 bits per heavy atom. The molecule has 1 aromatic carbocycles. The van der Waals surface area contributed by atoms with E-state index in [0.29, 0.717) is 30.9 Å². The van der Waals surface area contributed by atoms with E-state index in [1.165, 1.54) is 12.8 Å². The van der Waals surface area contributed by atoms with Gasteiger partial charge in [0.25, 0.3) is 0 Å². The zero-order chi connectivity index (χ0) is 15.2. The highest BCUT2D eigenvalue weighted by molar-refractivity contribution is 6.00. The molecule has 116 valence electrons. The Morgan fingerprint density at radius 2 is 2.05 bits per heavy atom. The molecule has 0 N–H and O–H groups in total. The van der Waals surface area contributed by atoms with Crippen LogP contribution < -0.4 is 4.74 Å². The molecule has 0 bridgehead atoms. The van der Waals surface area contributed by atoms with Gasteiger partial charge >= 0.3 is 0 Å². The normalized spacial score (nSPS) is 14.7. The molecular formula is C18H27NO2. The molecule has 21 heavy (non-hydrogen) atoms. The van der Waals surface area contributed by atoms with Crippen molar-refractivity contribution in [1.82, 2.24) is 4.90 Å². The van der Waals surface area contributed by atoms with Gasteiger partial charge < -0.3 is 4.74 Å². The summed E-state index contributed by atoms with van der Waals surface area (Å²) in [4.78, 5) is 15.0. The van der Waals surface area contributed by atoms with Crippen LogP contribution in [0.2, 0.25) is 0 Å². The SMILES string of the molecule is CCOc1ccccc1C(=O)CN(CCC(C)C)C1CC1. The number of ketones is 1. The van der Waals surface area contributed by atoms with Crippen molar-refractivity contribution in [2.24, 2.45) is 5.92 Å². The molecule has 2 rings (SSSR count). The lowest BCUT2D eigenvalue weighted by Gasteiger charge is -2.22. The summed E-state index contributed by atoms with van der Waals surface area (Å²) in [5.41, 5.74) is 0.717. The molecule has 0 aliphatic heterocycles.